The molecular weight excluding hydrogens is 294 g/mol. The molecule has 0 saturated heterocycles. The third-order valence-corrected chi connectivity index (χ3v) is 4.55. The molecule has 0 aliphatic heterocycles. The standard InChI is InChI=1S/C22H17NO/c23-21-18-14-8-7-13-17(18)19(15-9-3-1-4-10-15)20(21)22(24)16-11-5-2-6-12-16/h1-14,19H,23H2/t19-/m0/s1. The van der Waals surface area contributed by atoms with E-state index in [0.717, 1.165) is 16.7 Å². The highest BCUT2D eigenvalue weighted by Gasteiger charge is 2.35. The van der Waals surface area contributed by atoms with Crippen LogP contribution in [-0.4, -0.2) is 5.78 Å². The molecule has 0 bridgehead atoms. The molecule has 0 unspecified atom stereocenters. The van der Waals surface area contributed by atoms with Crippen LogP contribution in [0.1, 0.15) is 33.0 Å². The molecule has 24 heavy (non-hydrogen) atoms. The average molecular weight is 311 g/mol. The Morgan fingerprint density at radius 2 is 1.33 bits per heavy atom. The number of ketones is 1. The minimum Gasteiger partial charge on any atom is -0.398 e. The van der Waals surface area contributed by atoms with E-state index in [-0.39, 0.29) is 11.7 Å². The van der Waals surface area contributed by atoms with Crippen molar-refractivity contribution in [3.8, 4) is 0 Å². The summed E-state index contributed by atoms with van der Waals surface area (Å²) in [4.78, 5) is 13.2. The van der Waals surface area contributed by atoms with Crippen LogP contribution in [-0.2, 0) is 0 Å². The third kappa shape index (κ3) is 2.24. The summed E-state index contributed by atoms with van der Waals surface area (Å²) in [5.74, 6) is -0.117. The predicted molar refractivity (Wildman–Crippen MR) is 96.6 cm³/mol. The number of fused-ring (bicyclic) bond motifs is 1. The molecule has 2 N–H and O–H groups in total. The summed E-state index contributed by atoms with van der Waals surface area (Å²) < 4.78 is 0. The van der Waals surface area contributed by atoms with Gasteiger partial charge in [0.25, 0.3) is 0 Å². The molecule has 1 aliphatic carbocycles. The van der Waals surface area contributed by atoms with Crippen molar-refractivity contribution in [2.45, 2.75) is 5.92 Å². The van der Waals surface area contributed by atoms with E-state index in [4.69, 9.17) is 5.73 Å². The lowest BCUT2D eigenvalue weighted by Gasteiger charge is -2.16. The SMILES string of the molecule is NC1=C(C(=O)c2ccccc2)[C@@H](c2ccccc2)c2ccccc21. The van der Waals surface area contributed by atoms with E-state index in [0.29, 0.717) is 16.8 Å². The van der Waals surface area contributed by atoms with E-state index in [2.05, 4.69) is 18.2 Å². The Balaban J connectivity index is 1.91. The minimum atomic E-state index is -0.116. The molecule has 0 saturated carbocycles. The van der Waals surface area contributed by atoms with Gasteiger partial charge in [0.15, 0.2) is 5.78 Å². The molecule has 3 aromatic carbocycles. The van der Waals surface area contributed by atoms with Crippen molar-refractivity contribution >= 4 is 11.5 Å². The molecule has 0 amide bonds. The predicted octanol–water partition coefficient (Wildman–Crippen LogP) is 4.38. The highest BCUT2D eigenvalue weighted by atomic mass is 16.1. The van der Waals surface area contributed by atoms with Gasteiger partial charge < -0.3 is 5.73 Å². The zero-order valence-corrected chi connectivity index (χ0v) is 13.1. The van der Waals surface area contributed by atoms with Gasteiger partial charge in [-0.05, 0) is 11.1 Å². The molecule has 0 aromatic heterocycles. The van der Waals surface area contributed by atoms with Gasteiger partial charge in [0.2, 0.25) is 0 Å². The highest BCUT2D eigenvalue weighted by Crippen LogP contribution is 2.44. The van der Waals surface area contributed by atoms with Crippen molar-refractivity contribution in [3.63, 3.8) is 0 Å². The molecule has 3 aromatic rings. The van der Waals surface area contributed by atoms with Crippen LogP contribution >= 0.6 is 0 Å². The number of allylic oxidation sites excluding steroid dienone is 1. The summed E-state index contributed by atoms with van der Waals surface area (Å²) in [5.41, 5.74) is 11.5. The first kappa shape index (κ1) is 14.5. The van der Waals surface area contributed by atoms with Crippen LogP contribution in [0.5, 0.6) is 0 Å². The van der Waals surface area contributed by atoms with Crippen LogP contribution in [0.2, 0.25) is 0 Å². The Labute approximate surface area is 141 Å². The van der Waals surface area contributed by atoms with Gasteiger partial charge in [0.05, 0.1) is 0 Å². The third-order valence-electron chi connectivity index (χ3n) is 4.55. The van der Waals surface area contributed by atoms with Gasteiger partial charge >= 0.3 is 0 Å². The molecule has 1 aliphatic rings. The van der Waals surface area contributed by atoms with E-state index in [9.17, 15) is 4.79 Å². The van der Waals surface area contributed by atoms with Gasteiger partial charge in [0.1, 0.15) is 0 Å². The van der Waals surface area contributed by atoms with E-state index < -0.39 is 0 Å². The average Bonchev–Trinajstić information content (AvgIpc) is 2.95. The van der Waals surface area contributed by atoms with Crippen molar-refractivity contribution in [1.29, 1.82) is 0 Å². The van der Waals surface area contributed by atoms with Crippen molar-refractivity contribution < 1.29 is 4.79 Å². The summed E-state index contributed by atoms with van der Waals surface area (Å²) >= 11 is 0. The first-order valence-electron chi connectivity index (χ1n) is 8.01. The van der Waals surface area contributed by atoms with Gasteiger partial charge in [-0.25, -0.2) is 0 Å². The summed E-state index contributed by atoms with van der Waals surface area (Å²) in [7, 11) is 0. The molecular formula is C22H17NO. The van der Waals surface area contributed by atoms with Crippen LogP contribution in [0.15, 0.2) is 90.5 Å². The molecule has 0 heterocycles. The summed E-state index contributed by atoms with van der Waals surface area (Å²) in [6.45, 7) is 0. The maximum absolute atomic E-state index is 13.2. The quantitative estimate of drug-likeness (QED) is 0.729. The molecule has 1 atom stereocenters. The fourth-order valence-corrected chi connectivity index (χ4v) is 3.44. The summed E-state index contributed by atoms with van der Waals surface area (Å²) in [6.07, 6.45) is 0. The molecule has 4 rings (SSSR count). The Kier molecular flexibility index (Phi) is 3.51. The normalized spacial score (nSPS) is 16.1. The van der Waals surface area contributed by atoms with Crippen LogP contribution in [0, 0.1) is 0 Å². The minimum absolute atomic E-state index is 0.00171. The molecule has 0 fully saturated rings. The van der Waals surface area contributed by atoms with Crippen LogP contribution in [0.3, 0.4) is 0 Å². The Morgan fingerprint density at radius 1 is 0.750 bits per heavy atom. The Morgan fingerprint density at radius 3 is 2.04 bits per heavy atom. The molecule has 0 radical (unpaired) electrons. The second-order valence-electron chi connectivity index (χ2n) is 5.95. The van der Waals surface area contributed by atoms with Crippen LogP contribution < -0.4 is 5.73 Å². The van der Waals surface area contributed by atoms with Gasteiger partial charge in [-0.1, -0.05) is 84.9 Å². The Hall–Kier alpha value is -3.13. The number of benzene rings is 3. The van der Waals surface area contributed by atoms with E-state index in [1.807, 2.05) is 66.7 Å². The fourth-order valence-electron chi connectivity index (χ4n) is 3.44. The number of hydrogen-bond acceptors (Lipinski definition) is 2. The van der Waals surface area contributed by atoms with Crippen molar-refractivity contribution in [2.24, 2.45) is 5.73 Å². The second kappa shape index (κ2) is 5.82. The molecule has 0 spiro atoms. The van der Waals surface area contributed by atoms with E-state index >= 15 is 0 Å². The van der Waals surface area contributed by atoms with Gasteiger partial charge in [0, 0.05) is 28.3 Å². The fraction of sp³-hybridized carbons (Fsp3) is 0.0455. The number of hydrogen-bond donors (Lipinski definition) is 1. The number of rotatable bonds is 3. The van der Waals surface area contributed by atoms with Crippen molar-refractivity contribution in [3.05, 3.63) is 113 Å². The zero-order valence-electron chi connectivity index (χ0n) is 13.1. The first-order chi connectivity index (χ1) is 11.8. The first-order valence-corrected chi connectivity index (χ1v) is 8.01. The lowest BCUT2D eigenvalue weighted by atomic mass is 9.85. The molecule has 2 nitrogen and oxygen atoms in total. The number of nitrogens with two attached hydrogens (primary N) is 1. The summed E-state index contributed by atoms with van der Waals surface area (Å²) in [5, 5.41) is 0. The monoisotopic (exact) mass is 311 g/mol. The van der Waals surface area contributed by atoms with Gasteiger partial charge in [-0.15, -0.1) is 0 Å². The lowest BCUT2D eigenvalue weighted by molar-refractivity contribution is 0.103. The van der Waals surface area contributed by atoms with E-state index in [1.54, 1.807) is 0 Å². The van der Waals surface area contributed by atoms with Gasteiger partial charge in [-0.2, -0.15) is 0 Å². The van der Waals surface area contributed by atoms with E-state index in [1.165, 1.54) is 0 Å². The highest BCUT2D eigenvalue weighted by molar-refractivity contribution is 6.16. The zero-order chi connectivity index (χ0) is 16.5. The van der Waals surface area contributed by atoms with Gasteiger partial charge in [-0.3, -0.25) is 4.79 Å². The maximum atomic E-state index is 13.2. The number of Topliss-reactive ketones (excluding diaryl/α,β-unsaturated/α-hetero) is 1. The largest absolute Gasteiger partial charge is 0.398 e. The lowest BCUT2D eigenvalue weighted by Crippen LogP contribution is -2.13. The van der Waals surface area contributed by atoms with Crippen LogP contribution in [0.25, 0.3) is 5.70 Å². The smallest absolute Gasteiger partial charge is 0.192 e. The molecule has 2 heteroatoms. The van der Waals surface area contributed by atoms with Crippen molar-refractivity contribution in [2.75, 3.05) is 0 Å². The van der Waals surface area contributed by atoms with Crippen LogP contribution in [0.4, 0.5) is 0 Å². The second-order valence-corrected chi connectivity index (χ2v) is 5.95. The summed E-state index contributed by atoms with van der Waals surface area (Å²) in [6, 6.07) is 27.4. The topological polar surface area (TPSA) is 43.1 Å². The number of carbonyl (C=O) groups is 1. The van der Waals surface area contributed by atoms with Crippen molar-refractivity contribution in [1.82, 2.24) is 0 Å². The maximum Gasteiger partial charge on any atom is 0.192 e. The number of carbonyl (C=O) groups excluding carboxylic acids is 1. The molecule has 116 valence electrons. The Bertz CT molecular complexity index is 926.